The van der Waals surface area contributed by atoms with Gasteiger partial charge < -0.3 is 10.2 Å². The minimum Gasteiger partial charge on any atom is -0.329 e. The van der Waals surface area contributed by atoms with Crippen LogP contribution in [0, 0.1) is 0 Å². The van der Waals surface area contributed by atoms with Gasteiger partial charge in [-0.05, 0) is 56.3 Å². The molecule has 2 aromatic rings. The Labute approximate surface area is 174 Å². The van der Waals surface area contributed by atoms with Crippen LogP contribution in [0.15, 0.2) is 59.1 Å². The van der Waals surface area contributed by atoms with Crippen molar-refractivity contribution in [3.05, 3.63) is 64.6 Å². The summed E-state index contributed by atoms with van der Waals surface area (Å²) in [6.45, 7) is 3.39. The van der Waals surface area contributed by atoms with Gasteiger partial charge in [-0.3, -0.25) is 14.5 Å². The highest BCUT2D eigenvalue weighted by Gasteiger charge is 2.38. The van der Waals surface area contributed by atoms with Crippen molar-refractivity contribution in [3.8, 4) is 0 Å². The number of halogens is 1. The molecule has 0 aliphatic carbocycles. The maximum absolute atomic E-state index is 13.5. The molecule has 0 saturated carbocycles. The van der Waals surface area contributed by atoms with E-state index in [9.17, 15) is 9.59 Å². The summed E-state index contributed by atoms with van der Waals surface area (Å²) < 4.78 is 0.955. The predicted octanol–water partition coefficient (Wildman–Crippen LogP) is 4.07. The third-order valence-electron chi connectivity index (χ3n) is 5.24. The van der Waals surface area contributed by atoms with Gasteiger partial charge in [0.15, 0.2) is 0 Å². The summed E-state index contributed by atoms with van der Waals surface area (Å²) >= 11 is 3.39. The van der Waals surface area contributed by atoms with Crippen LogP contribution in [0.25, 0.3) is 0 Å². The number of carbonyl (C=O) groups is 2. The van der Waals surface area contributed by atoms with E-state index < -0.39 is 6.04 Å². The number of carbonyl (C=O) groups excluding carboxylic acids is 2. The Morgan fingerprint density at radius 1 is 1.18 bits per heavy atom. The fourth-order valence-corrected chi connectivity index (χ4v) is 3.89. The molecular formula is C22H26BrN3O2. The highest BCUT2D eigenvalue weighted by Crippen LogP contribution is 2.28. The van der Waals surface area contributed by atoms with Crippen LogP contribution in [0.5, 0.6) is 0 Å². The van der Waals surface area contributed by atoms with Crippen molar-refractivity contribution in [2.45, 2.75) is 31.8 Å². The number of nitrogens with one attached hydrogen (secondary N) is 1. The molecule has 1 fully saturated rings. The van der Waals surface area contributed by atoms with Crippen molar-refractivity contribution in [2.24, 2.45) is 0 Å². The number of rotatable bonds is 6. The molecule has 2 atom stereocenters. The van der Waals surface area contributed by atoms with Crippen LogP contribution in [0.4, 0.5) is 5.69 Å². The molecule has 1 heterocycles. The molecule has 3 rings (SSSR count). The summed E-state index contributed by atoms with van der Waals surface area (Å²) in [5.41, 5.74) is 1.69. The summed E-state index contributed by atoms with van der Waals surface area (Å²) in [7, 11) is 1.95. The summed E-state index contributed by atoms with van der Waals surface area (Å²) in [4.78, 5) is 30.1. The van der Waals surface area contributed by atoms with Crippen LogP contribution in [0.3, 0.4) is 0 Å². The zero-order valence-electron chi connectivity index (χ0n) is 16.3. The number of likely N-dealkylation sites (N-methyl/N-ethyl adjacent to an activating group) is 1. The van der Waals surface area contributed by atoms with E-state index in [2.05, 4.69) is 21.2 Å². The summed E-state index contributed by atoms with van der Waals surface area (Å²) in [6, 6.07) is 16.4. The Hall–Kier alpha value is -2.18. The minimum absolute atomic E-state index is 0.0102. The number of hydrogen-bond acceptors (Lipinski definition) is 3. The number of hydrogen-bond donors (Lipinski definition) is 1. The lowest BCUT2D eigenvalue weighted by molar-refractivity contribution is -0.141. The Morgan fingerprint density at radius 2 is 1.86 bits per heavy atom. The molecule has 1 N–H and O–H groups in total. The average molecular weight is 444 g/mol. The Kier molecular flexibility index (Phi) is 6.86. The molecule has 0 bridgehead atoms. The van der Waals surface area contributed by atoms with E-state index >= 15 is 0 Å². The maximum atomic E-state index is 13.5. The van der Waals surface area contributed by atoms with E-state index in [1.54, 1.807) is 4.90 Å². The number of likely N-dealkylation sites (tertiary alicyclic amines) is 1. The van der Waals surface area contributed by atoms with E-state index in [0.717, 1.165) is 28.7 Å². The van der Waals surface area contributed by atoms with Gasteiger partial charge in [0.1, 0.15) is 12.1 Å². The second-order valence-corrected chi connectivity index (χ2v) is 7.99. The Balaban J connectivity index is 1.78. The van der Waals surface area contributed by atoms with Gasteiger partial charge in [-0.15, -0.1) is 0 Å². The zero-order valence-corrected chi connectivity index (χ0v) is 17.9. The van der Waals surface area contributed by atoms with E-state index in [1.165, 1.54) is 0 Å². The molecule has 1 aliphatic heterocycles. The lowest BCUT2D eigenvalue weighted by Gasteiger charge is -2.33. The van der Waals surface area contributed by atoms with E-state index in [4.69, 9.17) is 0 Å². The first-order chi connectivity index (χ1) is 13.5. The molecule has 0 spiro atoms. The van der Waals surface area contributed by atoms with Gasteiger partial charge in [0.25, 0.3) is 0 Å². The van der Waals surface area contributed by atoms with E-state index in [1.807, 2.05) is 73.5 Å². The lowest BCUT2D eigenvalue weighted by atomic mass is 10.0. The van der Waals surface area contributed by atoms with Crippen molar-refractivity contribution >= 4 is 33.4 Å². The van der Waals surface area contributed by atoms with Crippen molar-refractivity contribution in [2.75, 3.05) is 25.5 Å². The van der Waals surface area contributed by atoms with E-state index in [-0.39, 0.29) is 17.9 Å². The second kappa shape index (κ2) is 9.34. The van der Waals surface area contributed by atoms with Gasteiger partial charge >= 0.3 is 0 Å². The molecule has 1 unspecified atom stereocenters. The quantitative estimate of drug-likeness (QED) is 0.731. The van der Waals surface area contributed by atoms with Crippen molar-refractivity contribution in [3.63, 3.8) is 0 Å². The molecule has 2 aromatic carbocycles. The first kappa shape index (κ1) is 20.6. The standard InChI is InChI=1S/C22H26BrN3O2/c1-3-25(2)20(16-8-5-4-6-9-16)22(28)26-15-7-10-19(26)21(27)24-18-13-11-17(23)12-14-18/h4-6,8-9,11-14,19-20H,3,7,10,15H2,1-2H3,(H,24,27)/t19-,20?/m0/s1. The van der Waals surface area contributed by atoms with Gasteiger partial charge in [0.05, 0.1) is 0 Å². The molecule has 28 heavy (non-hydrogen) atoms. The molecule has 5 nitrogen and oxygen atoms in total. The summed E-state index contributed by atoms with van der Waals surface area (Å²) in [5.74, 6) is -0.136. The lowest BCUT2D eigenvalue weighted by Crippen LogP contribution is -2.48. The Morgan fingerprint density at radius 3 is 2.50 bits per heavy atom. The molecule has 148 valence electrons. The van der Waals surface area contributed by atoms with Crippen molar-refractivity contribution < 1.29 is 9.59 Å². The molecule has 1 saturated heterocycles. The SMILES string of the molecule is CCN(C)C(C(=O)N1CCC[C@H]1C(=O)Nc1ccc(Br)cc1)c1ccccc1. The third kappa shape index (κ3) is 4.62. The van der Waals surface area contributed by atoms with Crippen molar-refractivity contribution in [1.82, 2.24) is 9.80 Å². The predicted molar refractivity (Wildman–Crippen MR) is 115 cm³/mol. The van der Waals surface area contributed by atoms with Crippen LogP contribution in [-0.4, -0.2) is 47.8 Å². The second-order valence-electron chi connectivity index (χ2n) is 7.07. The van der Waals surface area contributed by atoms with Gasteiger partial charge in [0, 0.05) is 16.7 Å². The Bertz CT molecular complexity index is 810. The molecule has 2 amide bonds. The summed E-state index contributed by atoms with van der Waals surface area (Å²) in [6.07, 6.45) is 1.52. The van der Waals surface area contributed by atoms with Crippen LogP contribution in [-0.2, 0) is 9.59 Å². The smallest absolute Gasteiger partial charge is 0.247 e. The van der Waals surface area contributed by atoms with Gasteiger partial charge in [-0.2, -0.15) is 0 Å². The summed E-state index contributed by atoms with van der Waals surface area (Å²) in [5, 5.41) is 2.95. The third-order valence-corrected chi connectivity index (χ3v) is 5.77. The number of benzene rings is 2. The monoisotopic (exact) mass is 443 g/mol. The molecular weight excluding hydrogens is 418 g/mol. The maximum Gasteiger partial charge on any atom is 0.247 e. The van der Waals surface area contributed by atoms with Crippen molar-refractivity contribution in [1.29, 1.82) is 0 Å². The average Bonchev–Trinajstić information content (AvgIpc) is 3.20. The van der Waals surface area contributed by atoms with Crippen LogP contribution < -0.4 is 5.32 Å². The fraction of sp³-hybridized carbons (Fsp3) is 0.364. The first-order valence-electron chi connectivity index (χ1n) is 9.63. The highest BCUT2D eigenvalue weighted by atomic mass is 79.9. The molecule has 1 aliphatic rings. The minimum atomic E-state index is -0.437. The van der Waals surface area contributed by atoms with E-state index in [0.29, 0.717) is 13.0 Å². The largest absolute Gasteiger partial charge is 0.329 e. The van der Waals surface area contributed by atoms with Gasteiger partial charge in [-0.25, -0.2) is 0 Å². The highest BCUT2D eigenvalue weighted by molar-refractivity contribution is 9.10. The number of nitrogens with zero attached hydrogens (tertiary/aromatic N) is 2. The van der Waals surface area contributed by atoms with Gasteiger partial charge in [-0.1, -0.05) is 53.2 Å². The van der Waals surface area contributed by atoms with Crippen LogP contribution in [0.1, 0.15) is 31.4 Å². The molecule has 6 heteroatoms. The topological polar surface area (TPSA) is 52.7 Å². The van der Waals surface area contributed by atoms with Gasteiger partial charge in [0.2, 0.25) is 11.8 Å². The zero-order chi connectivity index (χ0) is 20.1. The number of anilines is 1. The molecule has 0 radical (unpaired) electrons. The number of amides is 2. The van der Waals surface area contributed by atoms with Crippen LogP contribution in [0.2, 0.25) is 0 Å². The molecule has 0 aromatic heterocycles. The fourth-order valence-electron chi connectivity index (χ4n) is 3.62. The van der Waals surface area contributed by atoms with Crippen LogP contribution >= 0.6 is 15.9 Å². The first-order valence-corrected chi connectivity index (χ1v) is 10.4. The normalized spacial score (nSPS) is 17.6.